The molecule has 0 amide bonds. The van der Waals surface area contributed by atoms with E-state index in [2.05, 4.69) is 52.9 Å². The minimum Gasteiger partial charge on any atom is -0.372 e. The van der Waals surface area contributed by atoms with Crippen LogP contribution in [0.4, 0.5) is 11.8 Å². The van der Waals surface area contributed by atoms with Crippen LogP contribution >= 0.6 is 0 Å². The van der Waals surface area contributed by atoms with Crippen molar-refractivity contribution in [1.82, 2.24) is 9.97 Å². The predicted octanol–water partition coefficient (Wildman–Crippen LogP) is 2.77. The van der Waals surface area contributed by atoms with Crippen molar-refractivity contribution in [2.24, 2.45) is 0 Å². The van der Waals surface area contributed by atoms with Gasteiger partial charge in [-0.05, 0) is 31.9 Å². The minimum absolute atomic E-state index is 0.225. The first-order valence-corrected chi connectivity index (χ1v) is 8.60. The topological polar surface area (TPSA) is 41.5 Å². The molecule has 24 heavy (non-hydrogen) atoms. The van der Waals surface area contributed by atoms with Crippen molar-refractivity contribution < 1.29 is 4.74 Å². The molecule has 1 aliphatic rings. The number of nitrogens with zero attached hydrogens (tertiary/aromatic N) is 4. The van der Waals surface area contributed by atoms with Crippen LogP contribution in [0.1, 0.15) is 19.4 Å². The molecule has 0 radical (unpaired) electrons. The summed E-state index contributed by atoms with van der Waals surface area (Å²) in [6, 6.07) is 12.5. The van der Waals surface area contributed by atoms with Crippen molar-refractivity contribution >= 4 is 11.8 Å². The van der Waals surface area contributed by atoms with Gasteiger partial charge in [-0.25, -0.2) is 4.98 Å². The Morgan fingerprint density at radius 2 is 1.83 bits per heavy atom. The van der Waals surface area contributed by atoms with Crippen LogP contribution in [0, 0.1) is 0 Å². The van der Waals surface area contributed by atoms with Crippen LogP contribution in [-0.4, -0.2) is 48.9 Å². The van der Waals surface area contributed by atoms with Gasteiger partial charge in [0.25, 0.3) is 0 Å². The molecule has 1 fully saturated rings. The van der Waals surface area contributed by atoms with E-state index in [9.17, 15) is 0 Å². The van der Waals surface area contributed by atoms with Crippen LogP contribution in [0.3, 0.4) is 0 Å². The van der Waals surface area contributed by atoms with Crippen LogP contribution in [0.2, 0.25) is 0 Å². The minimum atomic E-state index is 0.225. The average molecular weight is 326 g/mol. The zero-order valence-corrected chi connectivity index (χ0v) is 14.7. The molecule has 2 heterocycles. The van der Waals surface area contributed by atoms with Gasteiger partial charge in [-0.1, -0.05) is 30.3 Å². The number of rotatable bonds is 5. The molecular weight excluding hydrogens is 300 g/mol. The molecule has 2 aromatic rings. The molecule has 5 nitrogen and oxygen atoms in total. The number of benzene rings is 1. The lowest BCUT2D eigenvalue weighted by Crippen LogP contribution is -2.46. The van der Waals surface area contributed by atoms with Gasteiger partial charge in [0.2, 0.25) is 5.95 Å². The number of aromatic nitrogens is 2. The Kier molecular flexibility index (Phi) is 5.30. The van der Waals surface area contributed by atoms with Crippen LogP contribution in [0.25, 0.3) is 0 Å². The molecule has 5 heteroatoms. The summed E-state index contributed by atoms with van der Waals surface area (Å²) in [7, 11) is 2.05. The first-order chi connectivity index (χ1) is 11.6. The smallest absolute Gasteiger partial charge is 0.227 e. The summed E-state index contributed by atoms with van der Waals surface area (Å²) >= 11 is 0. The van der Waals surface area contributed by atoms with E-state index in [1.807, 2.05) is 25.4 Å². The molecule has 0 saturated carbocycles. The Morgan fingerprint density at radius 3 is 2.54 bits per heavy atom. The van der Waals surface area contributed by atoms with Gasteiger partial charge >= 0.3 is 0 Å². The largest absolute Gasteiger partial charge is 0.372 e. The molecule has 1 aromatic heterocycles. The van der Waals surface area contributed by atoms with Crippen molar-refractivity contribution in [3.8, 4) is 0 Å². The second-order valence-electron chi connectivity index (χ2n) is 6.53. The van der Waals surface area contributed by atoms with E-state index in [0.717, 1.165) is 37.8 Å². The molecule has 0 N–H and O–H groups in total. The monoisotopic (exact) mass is 326 g/mol. The van der Waals surface area contributed by atoms with Crippen LogP contribution in [0.15, 0.2) is 42.6 Å². The van der Waals surface area contributed by atoms with E-state index >= 15 is 0 Å². The highest BCUT2D eigenvalue weighted by atomic mass is 16.5. The number of anilines is 2. The maximum Gasteiger partial charge on any atom is 0.227 e. The number of hydrogen-bond acceptors (Lipinski definition) is 5. The van der Waals surface area contributed by atoms with E-state index in [4.69, 9.17) is 9.72 Å². The lowest BCUT2D eigenvalue weighted by atomic mass is 10.1. The van der Waals surface area contributed by atoms with E-state index < -0.39 is 0 Å². The average Bonchev–Trinajstić information content (AvgIpc) is 2.60. The molecule has 0 aliphatic carbocycles. The maximum absolute atomic E-state index is 5.81. The SMILES string of the molecule is C[C@@H]1CN(c2ccnc(N(C)CCc3ccccc3)n2)C[C@H](C)O1. The lowest BCUT2D eigenvalue weighted by Gasteiger charge is -2.36. The number of morpholine rings is 1. The summed E-state index contributed by atoms with van der Waals surface area (Å²) in [5.74, 6) is 1.75. The highest BCUT2D eigenvalue weighted by Crippen LogP contribution is 2.19. The third-order valence-corrected chi connectivity index (χ3v) is 4.29. The summed E-state index contributed by atoms with van der Waals surface area (Å²) < 4.78 is 5.81. The number of likely N-dealkylation sites (N-methyl/N-ethyl adjacent to an activating group) is 1. The van der Waals surface area contributed by atoms with E-state index in [-0.39, 0.29) is 12.2 Å². The molecule has 128 valence electrons. The van der Waals surface area contributed by atoms with Crippen molar-refractivity contribution in [3.05, 3.63) is 48.2 Å². The van der Waals surface area contributed by atoms with Gasteiger partial charge in [0.15, 0.2) is 0 Å². The van der Waals surface area contributed by atoms with E-state index in [1.54, 1.807) is 0 Å². The van der Waals surface area contributed by atoms with Crippen LogP contribution in [0.5, 0.6) is 0 Å². The fourth-order valence-corrected chi connectivity index (χ4v) is 3.11. The zero-order valence-electron chi connectivity index (χ0n) is 14.7. The summed E-state index contributed by atoms with van der Waals surface area (Å²) in [6.45, 7) is 6.85. The van der Waals surface area contributed by atoms with Gasteiger partial charge in [0, 0.05) is 32.9 Å². The summed E-state index contributed by atoms with van der Waals surface area (Å²) in [5.41, 5.74) is 1.33. The number of ether oxygens (including phenoxy) is 1. The first-order valence-electron chi connectivity index (χ1n) is 8.60. The molecule has 0 unspecified atom stereocenters. The molecule has 0 bridgehead atoms. The summed E-state index contributed by atoms with van der Waals surface area (Å²) in [5, 5.41) is 0. The summed E-state index contributed by atoms with van der Waals surface area (Å²) in [6.07, 6.45) is 3.28. The van der Waals surface area contributed by atoms with Gasteiger partial charge in [0.1, 0.15) is 5.82 Å². The van der Waals surface area contributed by atoms with Gasteiger partial charge in [-0.3, -0.25) is 0 Å². The molecule has 3 rings (SSSR count). The second kappa shape index (κ2) is 7.62. The van der Waals surface area contributed by atoms with Crippen molar-refractivity contribution in [2.75, 3.05) is 36.5 Å². The van der Waals surface area contributed by atoms with Gasteiger partial charge in [-0.15, -0.1) is 0 Å². The Bertz CT molecular complexity index is 639. The van der Waals surface area contributed by atoms with Gasteiger partial charge < -0.3 is 14.5 Å². The number of hydrogen-bond donors (Lipinski definition) is 0. The molecule has 1 aliphatic heterocycles. The third kappa shape index (κ3) is 4.23. The fourth-order valence-electron chi connectivity index (χ4n) is 3.11. The lowest BCUT2D eigenvalue weighted by molar-refractivity contribution is -0.00546. The maximum atomic E-state index is 5.81. The van der Waals surface area contributed by atoms with Crippen LogP contribution < -0.4 is 9.80 Å². The Labute approximate surface area is 144 Å². The fraction of sp³-hybridized carbons (Fsp3) is 0.474. The highest BCUT2D eigenvalue weighted by Gasteiger charge is 2.23. The molecule has 1 saturated heterocycles. The summed E-state index contributed by atoms with van der Waals surface area (Å²) in [4.78, 5) is 13.6. The standard InChI is InChI=1S/C19H26N4O/c1-15-13-23(14-16(2)24-15)18-9-11-20-19(21-18)22(3)12-10-17-7-5-4-6-8-17/h4-9,11,15-16H,10,12-14H2,1-3H3/t15-,16+. The van der Waals surface area contributed by atoms with Crippen molar-refractivity contribution in [3.63, 3.8) is 0 Å². The Hall–Kier alpha value is -2.14. The van der Waals surface area contributed by atoms with Crippen LogP contribution in [-0.2, 0) is 11.2 Å². The highest BCUT2D eigenvalue weighted by molar-refractivity contribution is 5.44. The molecule has 0 spiro atoms. The zero-order chi connectivity index (χ0) is 16.9. The third-order valence-electron chi connectivity index (χ3n) is 4.29. The van der Waals surface area contributed by atoms with Gasteiger partial charge in [0.05, 0.1) is 12.2 Å². The Morgan fingerprint density at radius 1 is 1.12 bits per heavy atom. The predicted molar refractivity (Wildman–Crippen MR) is 97.7 cm³/mol. The van der Waals surface area contributed by atoms with Gasteiger partial charge in [-0.2, -0.15) is 4.98 Å². The normalized spacial score (nSPS) is 20.9. The molecule has 2 atom stereocenters. The van der Waals surface area contributed by atoms with E-state index in [1.165, 1.54) is 5.56 Å². The van der Waals surface area contributed by atoms with Crippen molar-refractivity contribution in [1.29, 1.82) is 0 Å². The molecule has 1 aromatic carbocycles. The second-order valence-corrected chi connectivity index (χ2v) is 6.53. The van der Waals surface area contributed by atoms with E-state index in [0.29, 0.717) is 0 Å². The quantitative estimate of drug-likeness (QED) is 0.845. The Balaban J connectivity index is 1.66. The van der Waals surface area contributed by atoms with Crippen molar-refractivity contribution in [2.45, 2.75) is 32.5 Å². The first kappa shape index (κ1) is 16.7. The molecular formula is C19H26N4O.